The van der Waals surface area contributed by atoms with Crippen LogP contribution in [0.3, 0.4) is 0 Å². The molecule has 0 radical (unpaired) electrons. The summed E-state index contributed by atoms with van der Waals surface area (Å²) in [5.74, 6) is -0.536. The molecule has 5 nitrogen and oxygen atoms in total. The summed E-state index contributed by atoms with van der Waals surface area (Å²) >= 11 is 0. The van der Waals surface area contributed by atoms with Crippen LogP contribution in [0.15, 0.2) is 41.3 Å². The third kappa shape index (κ3) is 3.14. The molecule has 1 saturated heterocycles. The Kier molecular flexibility index (Phi) is 4.56. The molecule has 1 aliphatic rings. The number of aromatic nitrogens is 1. The standard InChI is InChI=1S/C17H20FN3O2S/c1-12-5-3-6-15(20-12)17-7-4-10-21(17)16-9-8-13(11-14(16)18)24(22,23)19-2/h3,5-6,8-9,11,17,19H,4,7,10H2,1-2H3/t17-/m1/s1. The number of anilines is 1. The highest BCUT2D eigenvalue weighted by molar-refractivity contribution is 7.89. The summed E-state index contributed by atoms with van der Waals surface area (Å²) in [6.07, 6.45) is 1.84. The van der Waals surface area contributed by atoms with Crippen molar-refractivity contribution < 1.29 is 12.8 Å². The molecule has 2 aromatic rings. The Morgan fingerprint density at radius 3 is 2.75 bits per heavy atom. The van der Waals surface area contributed by atoms with Crippen molar-refractivity contribution in [2.45, 2.75) is 30.7 Å². The molecule has 7 heteroatoms. The van der Waals surface area contributed by atoms with Gasteiger partial charge >= 0.3 is 0 Å². The van der Waals surface area contributed by atoms with E-state index in [0.29, 0.717) is 5.69 Å². The maximum absolute atomic E-state index is 14.6. The highest BCUT2D eigenvalue weighted by atomic mass is 32.2. The molecule has 1 aromatic carbocycles. The van der Waals surface area contributed by atoms with Crippen molar-refractivity contribution in [2.24, 2.45) is 0 Å². The average molecular weight is 349 g/mol. The number of hydrogen-bond acceptors (Lipinski definition) is 4. The van der Waals surface area contributed by atoms with Crippen molar-refractivity contribution in [3.8, 4) is 0 Å². The third-order valence-corrected chi connectivity index (χ3v) is 5.72. The summed E-state index contributed by atoms with van der Waals surface area (Å²) in [4.78, 5) is 6.45. The number of pyridine rings is 1. The van der Waals surface area contributed by atoms with Gasteiger partial charge in [0.25, 0.3) is 0 Å². The van der Waals surface area contributed by atoms with E-state index in [1.165, 1.54) is 19.2 Å². The van der Waals surface area contributed by atoms with E-state index in [2.05, 4.69) is 9.71 Å². The van der Waals surface area contributed by atoms with Crippen molar-refractivity contribution >= 4 is 15.7 Å². The molecule has 24 heavy (non-hydrogen) atoms. The predicted octanol–water partition coefficient (Wildman–Crippen LogP) is 2.78. The molecule has 0 unspecified atom stereocenters. The largest absolute Gasteiger partial charge is 0.361 e. The van der Waals surface area contributed by atoms with Crippen LogP contribution in [-0.2, 0) is 10.0 Å². The molecule has 0 bridgehead atoms. The van der Waals surface area contributed by atoms with E-state index in [1.54, 1.807) is 0 Å². The van der Waals surface area contributed by atoms with Crippen LogP contribution in [0.2, 0.25) is 0 Å². The quantitative estimate of drug-likeness (QED) is 0.922. The van der Waals surface area contributed by atoms with E-state index in [0.717, 1.165) is 36.8 Å². The van der Waals surface area contributed by atoms with E-state index in [-0.39, 0.29) is 10.9 Å². The van der Waals surface area contributed by atoms with Crippen molar-refractivity contribution in [3.05, 3.63) is 53.6 Å². The lowest BCUT2D eigenvalue weighted by Gasteiger charge is -2.27. The topological polar surface area (TPSA) is 62.3 Å². The first-order valence-corrected chi connectivity index (χ1v) is 9.34. The zero-order chi connectivity index (χ0) is 17.3. The van der Waals surface area contributed by atoms with E-state index in [1.807, 2.05) is 30.0 Å². The molecule has 1 aromatic heterocycles. The number of rotatable bonds is 4. The molecule has 0 amide bonds. The van der Waals surface area contributed by atoms with E-state index in [9.17, 15) is 12.8 Å². The van der Waals surface area contributed by atoms with Crippen molar-refractivity contribution in [2.75, 3.05) is 18.5 Å². The molecule has 1 fully saturated rings. The smallest absolute Gasteiger partial charge is 0.240 e. The summed E-state index contributed by atoms with van der Waals surface area (Å²) in [5.41, 5.74) is 2.25. The van der Waals surface area contributed by atoms with Gasteiger partial charge in [0.2, 0.25) is 10.0 Å². The Morgan fingerprint density at radius 2 is 2.08 bits per heavy atom. The lowest BCUT2D eigenvalue weighted by Crippen LogP contribution is -2.25. The SMILES string of the molecule is CNS(=O)(=O)c1ccc(N2CCC[C@@H]2c2cccc(C)n2)c(F)c1. The molecule has 3 rings (SSSR count). The monoisotopic (exact) mass is 349 g/mol. The fourth-order valence-electron chi connectivity index (χ4n) is 3.12. The number of nitrogens with zero attached hydrogens (tertiary/aromatic N) is 2. The van der Waals surface area contributed by atoms with Crippen LogP contribution < -0.4 is 9.62 Å². The third-order valence-electron chi connectivity index (χ3n) is 4.31. The number of aryl methyl sites for hydroxylation is 1. The predicted molar refractivity (Wildman–Crippen MR) is 90.9 cm³/mol. The molecule has 1 atom stereocenters. The van der Waals surface area contributed by atoms with Gasteiger partial charge in [-0.1, -0.05) is 6.07 Å². The number of benzene rings is 1. The van der Waals surface area contributed by atoms with Gasteiger partial charge in [0.1, 0.15) is 5.82 Å². The van der Waals surface area contributed by atoms with Gasteiger partial charge in [-0.05, 0) is 57.1 Å². The van der Waals surface area contributed by atoms with Gasteiger partial charge < -0.3 is 4.90 Å². The van der Waals surface area contributed by atoms with Gasteiger partial charge in [0.05, 0.1) is 22.3 Å². The number of hydrogen-bond donors (Lipinski definition) is 1. The lowest BCUT2D eigenvalue weighted by atomic mass is 10.1. The summed E-state index contributed by atoms with van der Waals surface area (Å²) in [7, 11) is -2.35. The second kappa shape index (κ2) is 6.49. The zero-order valence-electron chi connectivity index (χ0n) is 13.7. The summed E-state index contributed by atoms with van der Waals surface area (Å²) in [6, 6.07) is 9.88. The van der Waals surface area contributed by atoms with Gasteiger partial charge in [0.15, 0.2) is 0 Å². The van der Waals surface area contributed by atoms with E-state index < -0.39 is 15.8 Å². The van der Waals surface area contributed by atoms with Crippen molar-refractivity contribution in [1.82, 2.24) is 9.71 Å². The minimum atomic E-state index is -3.65. The van der Waals surface area contributed by atoms with Crippen molar-refractivity contribution in [3.63, 3.8) is 0 Å². The Balaban J connectivity index is 1.96. The van der Waals surface area contributed by atoms with Gasteiger partial charge in [-0.3, -0.25) is 4.98 Å². The molecule has 128 valence electrons. The van der Waals surface area contributed by atoms with Gasteiger partial charge in [-0.2, -0.15) is 0 Å². The van der Waals surface area contributed by atoms with Crippen molar-refractivity contribution in [1.29, 1.82) is 0 Å². The second-order valence-electron chi connectivity index (χ2n) is 5.88. The Morgan fingerprint density at radius 1 is 1.29 bits per heavy atom. The van der Waals surface area contributed by atoms with Crippen LogP contribution in [-0.4, -0.2) is 27.0 Å². The summed E-state index contributed by atoms with van der Waals surface area (Å²) < 4.78 is 40.4. The van der Waals surface area contributed by atoms with Crippen LogP contribution >= 0.6 is 0 Å². The summed E-state index contributed by atoms with van der Waals surface area (Å²) in [6.45, 7) is 2.65. The van der Waals surface area contributed by atoms with E-state index >= 15 is 0 Å². The highest BCUT2D eigenvalue weighted by Crippen LogP contribution is 2.37. The highest BCUT2D eigenvalue weighted by Gasteiger charge is 2.29. The van der Waals surface area contributed by atoms with Crippen LogP contribution in [0.25, 0.3) is 0 Å². The average Bonchev–Trinajstić information content (AvgIpc) is 3.04. The molecule has 1 aliphatic heterocycles. The Bertz CT molecular complexity index is 855. The molecular weight excluding hydrogens is 329 g/mol. The minimum Gasteiger partial charge on any atom is -0.361 e. The summed E-state index contributed by atoms with van der Waals surface area (Å²) in [5, 5.41) is 0. The fourth-order valence-corrected chi connectivity index (χ4v) is 3.86. The lowest BCUT2D eigenvalue weighted by molar-refractivity contribution is 0.581. The second-order valence-corrected chi connectivity index (χ2v) is 7.76. The fraction of sp³-hybridized carbons (Fsp3) is 0.353. The first-order valence-electron chi connectivity index (χ1n) is 7.85. The van der Waals surface area contributed by atoms with Gasteiger partial charge in [0, 0.05) is 12.2 Å². The van der Waals surface area contributed by atoms with Crippen LogP contribution in [0.5, 0.6) is 0 Å². The number of sulfonamides is 1. The molecular formula is C17H20FN3O2S. The first-order chi connectivity index (χ1) is 11.4. The van der Waals surface area contributed by atoms with E-state index in [4.69, 9.17) is 0 Å². The van der Waals surface area contributed by atoms with Gasteiger partial charge in [-0.15, -0.1) is 0 Å². The zero-order valence-corrected chi connectivity index (χ0v) is 14.5. The molecule has 1 N–H and O–H groups in total. The van der Waals surface area contributed by atoms with Crippen LogP contribution in [0.1, 0.15) is 30.3 Å². The van der Waals surface area contributed by atoms with Gasteiger partial charge in [-0.25, -0.2) is 17.5 Å². The number of nitrogens with one attached hydrogen (secondary N) is 1. The maximum atomic E-state index is 14.6. The Hall–Kier alpha value is -1.99. The minimum absolute atomic E-state index is 0.00570. The molecule has 0 spiro atoms. The normalized spacial score (nSPS) is 18.1. The maximum Gasteiger partial charge on any atom is 0.240 e. The van der Waals surface area contributed by atoms with Crippen LogP contribution in [0, 0.1) is 12.7 Å². The molecule has 0 aliphatic carbocycles. The molecule has 0 saturated carbocycles. The number of halogens is 1. The molecule has 2 heterocycles. The Labute approximate surface area is 141 Å². The van der Waals surface area contributed by atoms with Crippen LogP contribution in [0.4, 0.5) is 10.1 Å². The first kappa shape index (κ1) is 16.9.